The van der Waals surface area contributed by atoms with E-state index in [1.807, 2.05) is 25.1 Å². The van der Waals surface area contributed by atoms with Crippen LogP contribution in [0, 0.1) is 4.84 Å². The minimum absolute atomic E-state index is 0.400. The van der Waals surface area contributed by atoms with Gasteiger partial charge in [-0.2, -0.15) is 0 Å². The quantitative estimate of drug-likeness (QED) is 0.504. The molecule has 0 bridgehead atoms. The Hall–Kier alpha value is -1.36. The van der Waals surface area contributed by atoms with Crippen molar-refractivity contribution < 1.29 is 4.42 Å². The first kappa shape index (κ1) is 12.4. The summed E-state index contributed by atoms with van der Waals surface area (Å²) in [7, 11) is 0. The fraction of sp³-hybridized carbons (Fsp3) is 0.133. The van der Waals surface area contributed by atoms with Gasteiger partial charge in [0, 0.05) is 19.8 Å². The first-order valence-corrected chi connectivity index (χ1v) is 7.79. The number of hydrogen-bond donors (Lipinski definition) is 1. The number of nitrogens with one attached hydrogen (secondary N) is 1. The van der Waals surface area contributed by atoms with E-state index in [4.69, 9.17) is 28.2 Å². The SMILES string of the molecule is CC1(Cl)C=CC=c2sc3ccc4oc(=S)[nH]c4c3c2=C1. The average Bonchev–Trinajstić information content (AvgIpc) is 2.85. The monoisotopic (exact) mass is 319 g/mol. The van der Waals surface area contributed by atoms with E-state index in [0.29, 0.717) is 4.84 Å². The molecule has 3 aromatic rings. The number of rotatable bonds is 0. The van der Waals surface area contributed by atoms with E-state index < -0.39 is 4.87 Å². The van der Waals surface area contributed by atoms with Gasteiger partial charge in [0.2, 0.25) is 0 Å². The van der Waals surface area contributed by atoms with E-state index >= 15 is 0 Å². The molecule has 1 atom stereocenters. The summed E-state index contributed by atoms with van der Waals surface area (Å²) in [6.07, 6.45) is 8.20. The third kappa shape index (κ3) is 1.79. The van der Waals surface area contributed by atoms with Crippen LogP contribution in [0.4, 0.5) is 0 Å². The molecule has 4 rings (SSSR count). The lowest BCUT2D eigenvalue weighted by molar-refractivity contribution is 0.583. The summed E-state index contributed by atoms with van der Waals surface area (Å²) in [6.45, 7) is 1.98. The molecule has 1 N–H and O–H groups in total. The number of thiophene rings is 1. The van der Waals surface area contributed by atoms with E-state index in [2.05, 4.69) is 23.2 Å². The number of benzene rings is 1. The molecule has 1 aliphatic carbocycles. The van der Waals surface area contributed by atoms with Crippen LogP contribution in [0.3, 0.4) is 0 Å². The zero-order chi connectivity index (χ0) is 13.9. The number of halogens is 1. The Morgan fingerprint density at radius 1 is 1.40 bits per heavy atom. The Morgan fingerprint density at radius 3 is 3.10 bits per heavy atom. The Labute approximate surface area is 128 Å². The minimum atomic E-state index is -0.488. The number of hydrogen-bond acceptors (Lipinski definition) is 3. The van der Waals surface area contributed by atoms with E-state index in [0.717, 1.165) is 21.7 Å². The summed E-state index contributed by atoms with van der Waals surface area (Å²) >= 11 is 13.4. The van der Waals surface area contributed by atoms with Crippen molar-refractivity contribution in [2.75, 3.05) is 0 Å². The molecule has 0 fully saturated rings. The van der Waals surface area contributed by atoms with Crippen molar-refractivity contribution in [1.29, 1.82) is 0 Å². The fourth-order valence-electron chi connectivity index (χ4n) is 2.57. The van der Waals surface area contributed by atoms with Crippen LogP contribution in [0.25, 0.3) is 33.3 Å². The predicted molar refractivity (Wildman–Crippen MR) is 88.4 cm³/mol. The number of aromatic nitrogens is 1. The average molecular weight is 320 g/mol. The summed E-state index contributed by atoms with van der Waals surface area (Å²) in [4.78, 5) is 3.06. The molecular formula is C15H10ClNOS2. The molecule has 1 aliphatic rings. The molecule has 20 heavy (non-hydrogen) atoms. The molecule has 0 saturated carbocycles. The Bertz CT molecular complexity index is 1050. The Morgan fingerprint density at radius 2 is 2.25 bits per heavy atom. The lowest BCUT2D eigenvalue weighted by Crippen LogP contribution is -2.22. The van der Waals surface area contributed by atoms with Gasteiger partial charge in [-0.15, -0.1) is 22.9 Å². The zero-order valence-electron chi connectivity index (χ0n) is 10.6. The van der Waals surface area contributed by atoms with Gasteiger partial charge in [0.15, 0.2) is 5.58 Å². The third-order valence-corrected chi connectivity index (χ3v) is 4.97. The predicted octanol–water partition coefficient (Wildman–Crippen LogP) is 3.83. The normalized spacial score (nSPS) is 21.5. The highest BCUT2D eigenvalue weighted by atomic mass is 35.5. The number of H-pyrrole nitrogens is 1. The largest absolute Gasteiger partial charge is 0.429 e. The maximum atomic E-state index is 6.51. The fourth-order valence-corrected chi connectivity index (χ4v) is 4.05. The Balaban J connectivity index is 2.32. The second-order valence-electron chi connectivity index (χ2n) is 5.03. The second-order valence-corrected chi connectivity index (χ2v) is 7.30. The van der Waals surface area contributed by atoms with Crippen LogP contribution in [0.2, 0.25) is 0 Å². The van der Waals surface area contributed by atoms with E-state index in [-0.39, 0.29) is 0 Å². The number of aromatic amines is 1. The smallest absolute Gasteiger partial charge is 0.266 e. The molecule has 0 radical (unpaired) electrons. The molecule has 1 unspecified atom stereocenters. The number of allylic oxidation sites excluding steroid dienone is 2. The highest BCUT2D eigenvalue weighted by Crippen LogP contribution is 2.26. The van der Waals surface area contributed by atoms with Gasteiger partial charge >= 0.3 is 0 Å². The standard InChI is InChI=1S/C15H10ClNOS2/c1-15(16)6-2-3-10-8(7-15)12-11(20-10)5-4-9-13(12)17-14(19)18-9/h2-7H,1H3,(H,17,19). The maximum absolute atomic E-state index is 6.51. The molecule has 2 nitrogen and oxygen atoms in total. The molecule has 0 aliphatic heterocycles. The first-order chi connectivity index (χ1) is 9.53. The van der Waals surface area contributed by atoms with Crippen LogP contribution in [0.5, 0.6) is 0 Å². The van der Waals surface area contributed by atoms with Crippen molar-refractivity contribution >= 4 is 68.5 Å². The van der Waals surface area contributed by atoms with Gasteiger partial charge in [0.25, 0.3) is 4.84 Å². The summed E-state index contributed by atoms with van der Waals surface area (Å²) in [5.41, 5.74) is 1.73. The molecule has 100 valence electrons. The number of fused-ring (bicyclic) bond motifs is 5. The second kappa shape index (κ2) is 4.07. The molecule has 2 heterocycles. The molecule has 1 aromatic carbocycles. The summed E-state index contributed by atoms with van der Waals surface area (Å²) in [5.74, 6) is 0. The van der Waals surface area contributed by atoms with E-state index in [1.165, 1.54) is 9.23 Å². The molecule has 0 saturated heterocycles. The van der Waals surface area contributed by atoms with Gasteiger partial charge < -0.3 is 9.40 Å². The van der Waals surface area contributed by atoms with Crippen molar-refractivity contribution in [2.24, 2.45) is 0 Å². The lowest BCUT2D eigenvalue weighted by Gasteiger charge is -2.09. The van der Waals surface area contributed by atoms with Gasteiger partial charge in [-0.3, -0.25) is 0 Å². The maximum Gasteiger partial charge on any atom is 0.266 e. The van der Waals surface area contributed by atoms with Gasteiger partial charge in [0.05, 0.1) is 10.4 Å². The minimum Gasteiger partial charge on any atom is -0.429 e. The van der Waals surface area contributed by atoms with Crippen molar-refractivity contribution in [3.05, 3.63) is 38.9 Å². The van der Waals surface area contributed by atoms with Crippen molar-refractivity contribution in [1.82, 2.24) is 4.98 Å². The molecule has 0 spiro atoms. The molecule has 5 heteroatoms. The zero-order valence-corrected chi connectivity index (χ0v) is 13.0. The summed E-state index contributed by atoms with van der Waals surface area (Å²) in [5, 5.41) is 2.28. The van der Waals surface area contributed by atoms with Crippen LogP contribution in [0.15, 0.2) is 28.7 Å². The van der Waals surface area contributed by atoms with Crippen LogP contribution < -0.4 is 9.75 Å². The topological polar surface area (TPSA) is 28.9 Å². The van der Waals surface area contributed by atoms with Crippen LogP contribution in [0.1, 0.15) is 6.92 Å². The van der Waals surface area contributed by atoms with Crippen LogP contribution in [-0.2, 0) is 0 Å². The third-order valence-electron chi connectivity index (χ3n) is 3.41. The number of oxazole rings is 1. The van der Waals surface area contributed by atoms with Crippen LogP contribution in [-0.4, -0.2) is 9.86 Å². The lowest BCUT2D eigenvalue weighted by atomic mass is 10.1. The van der Waals surface area contributed by atoms with Crippen molar-refractivity contribution in [3.63, 3.8) is 0 Å². The highest BCUT2D eigenvalue weighted by Gasteiger charge is 2.17. The summed E-state index contributed by atoms with van der Waals surface area (Å²) in [6, 6.07) is 4.02. The van der Waals surface area contributed by atoms with Crippen LogP contribution >= 0.6 is 35.2 Å². The van der Waals surface area contributed by atoms with Gasteiger partial charge in [-0.25, -0.2) is 0 Å². The van der Waals surface area contributed by atoms with Gasteiger partial charge in [0.1, 0.15) is 0 Å². The van der Waals surface area contributed by atoms with E-state index in [9.17, 15) is 0 Å². The van der Waals surface area contributed by atoms with Crippen molar-refractivity contribution in [2.45, 2.75) is 11.8 Å². The van der Waals surface area contributed by atoms with Crippen molar-refractivity contribution in [3.8, 4) is 0 Å². The first-order valence-electron chi connectivity index (χ1n) is 6.19. The molecule has 0 amide bonds. The number of alkyl halides is 1. The molecular weight excluding hydrogens is 310 g/mol. The Kier molecular flexibility index (Phi) is 2.52. The summed E-state index contributed by atoms with van der Waals surface area (Å²) < 4.78 is 7.91. The molecule has 2 aromatic heterocycles. The highest BCUT2D eigenvalue weighted by molar-refractivity contribution is 7.71. The van der Waals surface area contributed by atoms with E-state index in [1.54, 1.807) is 11.3 Å². The van der Waals surface area contributed by atoms with Gasteiger partial charge in [-0.1, -0.05) is 18.2 Å². The van der Waals surface area contributed by atoms with Gasteiger partial charge in [-0.05, 0) is 37.4 Å².